The van der Waals surface area contributed by atoms with Crippen LogP contribution in [-0.4, -0.2) is 34.1 Å². The fraction of sp³-hybridized carbons (Fsp3) is 0.417. The first-order valence-corrected chi connectivity index (χ1v) is 6.75. The summed E-state index contributed by atoms with van der Waals surface area (Å²) in [4.78, 5) is 22.8. The van der Waals surface area contributed by atoms with E-state index in [-0.39, 0.29) is 5.92 Å². The summed E-state index contributed by atoms with van der Waals surface area (Å²) in [6, 6.07) is 3.79. The highest BCUT2D eigenvalue weighted by Crippen LogP contribution is 2.30. The normalized spacial score (nSPS) is 20.2. The number of carboxylic acid groups (broad SMARTS) is 1. The number of thiazole rings is 1. The molecule has 1 aliphatic rings. The minimum Gasteiger partial charge on any atom is -0.481 e. The smallest absolute Gasteiger partial charge is 0.308 e. The molecule has 0 unspecified atom stereocenters. The van der Waals surface area contributed by atoms with Gasteiger partial charge in [-0.3, -0.25) is 4.79 Å². The number of rotatable bonds is 2. The number of aromatic nitrogens is 2. The Morgan fingerprint density at radius 2 is 2.44 bits per heavy atom. The Balaban J connectivity index is 1.87. The first-order valence-electron chi connectivity index (χ1n) is 5.93. The molecular formula is C12H13N3O2S. The van der Waals surface area contributed by atoms with Crippen LogP contribution in [0.1, 0.15) is 12.8 Å². The Morgan fingerprint density at radius 3 is 3.22 bits per heavy atom. The average molecular weight is 263 g/mol. The largest absolute Gasteiger partial charge is 0.481 e. The number of aliphatic carboxylic acids is 1. The van der Waals surface area contributed by atoms with Crippen LogP contribution in [0.15, 0.2) is 18.3 Å². The molecular weight excluding hydrogens is 250 g/mol. The monoisotopic (exact) mass is 263 g/mol. The second-order valence-corrected chi connectivity index (χ2v) is 5.40. The summed E-state index contributed by atoms with van der Waals surface area (Å²) in [5, 5.41) is 9.97. The standard InChI is InChI=1S/C12H13N3O2S/c16-11(17)8-3-2-6-15(7-8)12-14-9-4-1-5-13-10(9)18-12/h1,4-5,8H,2-3,6-7H2,(H,16,17)/t8-/m0/s1. The fourth-order valence-electron chi connectivity index (χ4n) is 2.25. The summed E-state index contributed by atoms with van der Waals surface area (Å²) in [5.41, 5.74) is 0.884. The number of carbonyl (C=O) groups is 1. The molecule has 18 heavy (non-hydrogen) atoms. The zero-order chi connectivity index (χ0) is 12.5. The second kappa shape index (κ2) is 4.53. The van der Waals surface area contributed by atoms with Crippen molar-refractivity contribution in [2.45, 2.75) is 12.8 Å². The van der Waals surface area contributed by atoms with Gasteiger partial charge in [-0.25, -0.2) is 9.97 Å². The van der Waals surface area contributed by atoms with E-state index in [4.69, 9.17) is 5.11 Å². The van der Waals surface area contributed by atoms with Gasteiger partial charge >= 0.3 is 5.97 Å². The Hall–Kier alpha value is -1.69. The van der Waals surface area contributed by atoms with Gasteiger partial charge in [0.1, 0.15) is 10.3 Å². The summed E-state index contributed by atoms with van der Waals surface area (Å²) in [6.07, 6.45) is 3.41. The van der Waals surface area contributed by atoms with Crippen LogP contribution in [-0.2, 0) is 4.79 Å². The van der Waals surface area contributed by atoms with E-state index in [1.807, 2.05) is 12.1 Å². The van der Waals surface area contributed by atoms with Gasteiger partial charge in [0, 0.05) is 19.3 Å². The van der Waals surface area contributed by atoms with Gasteiger partial charge in [-0.2, -0.15) is 0 Å². The number of hydrogen-bond acceptors (Lipinski definition) is 5. The van der Waals surface area contributed by atoms with E-state index in [0.29, 0.717) is 6.54 Å². The van der Waals surface area contributed by atoms with Crippen molar-refractivity contribution in [2.24, 2.45) is 5.92 Å². The second-order valence-electron chi connectivity index (χ2n) is 4.45. The lowest BCUT2D eigenvalue weighted by atomic mass is 9.99. The maximum absolute atomic E-state index is 11.0. The fourth-order valence-corrected chi connectivity index (χ4v) is 3.19. The quantitative estimate of drug-likeness (QED) is 0.897. The van der Waals surface area contributed by atoms with Crippen molar-refractivity contribution in [3.63, 3.8) is 0 Å². The Bertz CT molecular complexity index is 550. The molecule has 0 aliphatic carbocycles. The molecule has 1 fully saturated rings. The lowest BCUT2D eigenvalue weighted by Gasteiger charge is -2.30. The molecule has 3 rings (SSSR count). The van der Waals surface area contributed by atoms with Crippen LogP contribution < -0.4 is 4.90 Å². The van der Waals surface area contributed by atoms with Gasteiger partial charge in [0.15, 0.2) is 5.13 Å². The van der Waals surface area contributed by atoms with Gasteiger partial charge in [0.2, 0.25) is 0 Å². The first kappa shape index (κ1) is 11.4. The van der Waals surface area contributed by atoms with Crippen LogP contribution in [0.4, 0.5) is 5.13 Å². The predicted octanol–water partition coefficient (Wildman–Crippen LogP) is 1.99. The van der Waals surface area contributed by atoms with E-state index in [0.717, 1.165) is 34.9 Å². The van der Waals surface area contributed by atoms with Gasteiger partial charge in [0.25, 0.3) is 0 Å². The van der Waals surface area contributed by atoms with Crippen molar-refractivity contribution in [3.05, 3.63) is 18.3 Å². The minimum atomic E-state index is -0.709. The van der Waals surface area contributed by atoms with E-state index >= 15 is 0 Å². The summed E-state index contributed by atoms with van der Waals surface area (Å²) in [6.45, 7) is 1.43. The van der Waals surface area contributed by atoms with E-state index in [2.05, 4.69) is 14.9 Å². The molecule has 0 bridgehead atoms. The van der Waals surface area contributed by atoms with Crippen LogP contribution in [0.5, 0.6) is 0 Å². The van der Waals surface area contributed by atoms with Crippen LogP contribution in [0, 0.1) is 5.92 Å². The molecule has 1 saturated heterocycles. The van der Waals surface area contributed by atoms with Crippen molar-refractivity contribution < 1.29 is 9.90 Å². The summed E-state index contributed by atoms with van der Waals surface area (Å²) >= 11 is 1.53. The zero-order valence-corrected chi connectivity index (χ0v) is 10.6. The Morgan fingerprint density at radius 1 is 1.56 bits per heavy atom. The highest BCUT2D eigenvalue weighted by molar-refractivity contribution is 7.21. The summed E-state index contributed by atoms with van der Waals surface area (Å²) < 4.78 is 0. The molecule has 0 saturated carbocycles. The van der Waals surface area contributed by atoms with Crippen LogP contribution in [0.2, 0.25) is 0 Å². The van der Waals surface area contributed by atoms with E-state index in [9.17, 15) is 4.79 Å². The van der Waals surface area contributed by atoms with Gasteiger partial charge in [-0.15, -0.1) is 0 Å². The van der Waals surface area contributed by atoms with E-state index < -0.39 is 5.97 Å². The Labute approximate surface area is 108 Å². The Kier molecular flexibility index (Phi) is 2.87. The maximum Gasteiger partial charge on any atom is 0.308 e. The predicted molar refractivity (Wildman–Crippen MR) is 70.0 cm³/mol. The van der Waals surface area contributed by atoms with Gasteiger partial charge in [0.05, 0.1) is 5.92 Å². The van der Waals surface area contributed by atoms with Gasteiger partial charge in [-0.05, 0) is 25.0 Å². The third-order valence-electron chi connectivity index (χ3n) is 3.20. The van der Waals surface area contributed by atoms with Crippen molar-refractivity contribution in [2.75, 3.05) is 18.0 Å². The third-order valence-corrected chi connectivity index (χ3v) is 4.24. The molecule has 2 aromatic heterocycles. The molecule has 1 atom stereocenters. The molecule has 3 heterocycles. The number of pyridine rings is 1. The highest BCUT2D eigenvalue weighted by Gasteiger charge is 2.27. The first-order chi connectivity index (χ1) is 8.74. The minimum absolute atomic E-state index is 0.279. The van der Waals surface area contributed by atoms with Crippen molar-refractivity contribution in [3.8, 4) is 0 Å². The highest BCUT2D eigenvalue weighted by atomic mass is 32.1. The average Bonchev–Trinajstić information content (AvgIpc) is 2.82. The van der Waals surface area contributed by atoms with E-state index in [1.54, 1.807) is 6.20 Å². The molecule has 6 heteroatoms. The van der Waals surface area contributed by atoms with Crippen molar-refractivity contribution in [1.82, 2.24) is 9.97 Å². The maximum atomic E-state index is 11.0. The molecule has 0 radical (unpaired) electrons. The SMILES string of the molecule is O=C(O)[C@H]1CCCN(c2nc3cccnc3s2)C1. The summed E-state index contributed by atoms with van der Waals surface area (Å²) in [5.74, 6) is -0.988. The molecule has 0 spiro atoms. The van der Waals surface area contributed by atoms with Gasteiger partial charge < -0.3 is 10.0 Å². The van der Waals surface area contributed by atoms with Crippen LogP contribution in [0.3, 0.4) is 0 Å². The molecule has 2 aromatic rings. The lowest BCUT2D eigenvalue weighted by molar-refractivity contribution is -0.141. The zero-order valence-electron chi connectivity index (χ0n) is 9.74. The molecule has 1 N–H and O–H groups in total. The molecule has 0 amide bonds. The number of piperidine rings is 1. The number of carboxylic acids is 1. The van der Waals surface area contributed by atoms with Crippen molar-refractivity contribution >= 4 is 32.8 Å². The molecule has 94 valence electrons. The van der Waals surface area contributed by atoms with E-state index in [1.165, 1.54) is 11.3 Å². The van der Waals surface area contributed by atoms with Crippen LogP contribution in [0.25, 0.3) is 10.3 Å². The van der Waals surface area contributed by atoms with Crippen molar-refractivity contribution in [1.29, 1.82) is 0 Å². The molecule has 5 nitrogen and oxygen atoms in total. The van der Waals surface area contributed by atoms with Gasteiger partial charge in [-0.1, -0.05) is 11.3 Å². The van der Waals surface area contributed by atoms with Crippen LogP contribution >= 0.6 is 11.3 Å². The number of fused-ring (bicyclic) bond motifs is 1. The lowest BCUT2D eigenvalue weighted by Crippen LogP contribution is -2.38. The topological polar surface area (TPSA) is 66.3 Å². The number of hydrogen-bond donors (Lipinski definition) is 1. The summed E-state index contributed by atoms with van der Waals surface area (Å²) in [7, 11) is 0. The molecule has 0 aromatic carbocycles. The number of nitrogens with zero attached hydrogens (tertiary/aromatic N) is 3. The molecule has 1 aliphatic heterocycles. The third kappa shape index (κ3) is 2.03. The number of anilines is 1.